The Morgan fingerprint density at radius 1 is 0.617 bits per heavy atom. The highest BCUT2D eigenvalue weighted by molar-refractivity contribution is 6.11. The Morgan fingerprint density at radius 2 is 1.17 bits per heavy atom. The number of nitrogens with zero attached hydrogens (tertiary/aromatic N) is 3. The molecule has 2 amide bonds. The highest BCUT2D eigenvalue weighted by Crippen LogP contribution is 2.41. The summed E-state index contributed by atoms with van der Waals surface area (Å²) in [5.74, 6) is -0.235. The quantitative estimate of drug-likeness (QED) is 0.174. The summed E-state index contributed by atoms with van der Waals surface area (Å²) in [5.41, 5.74) is 7.44. The number of carbonyl (C=O) groups excluding carboxylic acids is 2. The highest BCUT2D eigenvalue weighted by Gasteiger charge is 2.39. The first-order valence-electron chi connectivity index (χ1n) is 16.9. The topological polar surface area (TPSA) is 43.9 Å². The molecule has 0 saturated carbocycles. The van der Waals surface area contributed by atoms with E-state index in [1.54, 1.807) is 4.90 Å². The summed E-state index contributed by atoms with van der Waals surface area (Å²) < 4.78 is 0. The fraction of sp³-hybridized carbons (Fsp3) is 0.238. The van der Waals surface area contributed by atoms with Gasteiger partial charge in [-0.1, -0.05) is 116 Å². The molecule has 0 bridgehead atoms. The van der Waals surface area contributed by atoms with Gasteiger partial charge < -0.3 is 9.80 Å². The van der Waals surface area contributed by atoms with Crippen LogP contribution in [0.25, 0.3) is 11.1 Å². The Balaban J connectivity index is 1.36. The number of carbonyl (C=O) groups is 2. The van der Waals surface area contributed by atoms with Crippen molar-refractivity contribution in [1.29, 1.82) is 0 Å². The van der Waals surface area contributed by atoms with E-state index < -0.39 is 6.04 Å². The van der Waals surface area contributed by atoms with Gasteiger partial charge in [0.15, 0.2) is 0 Å². The molecule has 7 rings (SSSR count). The number of hydrogen-bond donors (Lipinski definition) is 0. The summed E-state index contributed by atoms with van der Waals surface area (Å²) in [6.07, 6.45) is 4.45. The van der Waals surface area contributed by atoms with Crippen molar-refractivity contribution in [1.82, 2.24) is 4.90 Å². The van der Waals surface area contributed by atoms with Crippen molar-refractivity contribution in [3.8, 4) is 11.1 Å². The van der Waals surface area contributed by atoms with Gasteiger partial charge in [0.05, 0.1) is 23.3 Å². The predicted octanol–water partition coefficient (Wildman–Crippen LogP) is 9.07. The van der Waals surface area contributed by atoms with E-state index in [9.17, 15) is 9.59 Å². The van der Waals surface area contributed by atoms with Crippen molar-refractivity contribution in [3.63, 3.8) is 0 Å². The van der Waals surface area contributed by atoms with Gasteiger partial charge in [-0.15, -0.1) is 0 Å². The lowest BCUT2D eigenvalue weighted by Gasteiger charge is -2.33. The highest BCUT2D eigenvalue weighted by atomic mass is 16.2. The Bertz CT molecular complexity index is 1780. The molecule has 5 aromatic carbocycles. The number of anilines is 2. The third kappa shape index (κ3) is 6.18. The summed E-state index contributed by atoms with van der Waals surface area (Å²) in [4.78, 5) is 35.5. The van der Waals surface area contributed by atoms with E-state index in [1.807, 2.05) is 83.8 Å². The van der Waals surface area contributed by atoms with Crippen LogP contribution in [-0.4, -0.2) is 36.3 Å². The Kier molecular flexibility index (Phi) is 8.87. The molecule has 0 radical (unpaired) electrons. The molecule has 0 aromatic heterocycles. The molecule has 1 unspecified atom stereocenters. The Morgan fingerprint density at radius 3 is 1.74 bits per heavy atom. The van der Waals surface area contributed by atoms with E-state index in [-0.39, 0.29) is 24.4 Å². The van der Waals surface area contributed by atoms with Crippen LogP contribution in [0, 0.1) is 0 Å². The summed E-state index contributed by atoms with van der Waals surface area (Å²) in [6, 6.07) is 44.4. The number of amides is 2. The lowest BCUT2D eigenvalue weighted by molar-refractivity contribution is -0.120. The molecule has 5 heteroatoms. The summed E-state index contributed by atoms with van der Waals surface area (Å²) in [6.45, 7) is 4.25. The lowest BCUT2D eigenvalue weighted by atomic mass is 9.94. The number of fused-ring (bicyclic) bond motifs is 1. The van der Waals surface area contributed by atoms with Crippen molar-refractivity contribution >= 4 is 23.2 Å². The summed E-state index contributed by atoms with van der Waals surface area (Å²) in [7, 11) is 0. The molecule has 5 nitrogen and oxygen atoms in total. The molecular weight excluding hydrogens is 578 g/mol. The zero-order chi connectivity index (χ0) is 32.2. The van der Waals surface area contributed by atoms with Crippen LogP contribution in [0.2, 0.25) is 0 Å². The average molecular weight is 620 g/mol. The lowest BCUT2D eigenvalue weighted by Crippen LogP contribution is -2.42. The largest absolute Gasteiger partial charge is 0.372 e. The monoisotopic (exact) mass is 619 g/mol. The van der Waals surface area contributed by atoms with Gasteiger partial charge >= 0.3 is 0 Å². The summed E-state index contributed by atoms with van der Waals surface area (Å²) in [5, 5.41) is 0. The van der Waals surface area contributed by atoms with E-state index in [0.717, 1.165) is 40.9 Å². The molecule has 5 aromatic rings. The fourth-order valence-corrected chi connectivity index (χ4v) is 7.30. The van der Waals surface area contributed by atoms with Gasteiger partial charge in [0.1, 0.15) is 6.54 Å². The number of piperidine rings is 1. The van der Waals surface area contributed by atoms with Crippen LogP contribution >= 0.6 is 0 Å². The van der Waals surface area contributed by atoms with E-state index in [0.29, 0.717) is 17.7 Å². The molecule has 47 heavy (non-hydrogen) atoms. The molecule has 1 atom stereocenters. The molecular formula is C42H41N3O2. The molecule has 1 fully saturated rings. The minimum Gasteiger partial charge on any atom is -0.372 e. The second-order valence-corrected chi connectivity index (χ2v) is 12.6. The van der Waals surface area contributed by atoms with Gasteiger partial charge in [0.2, 0.25) is 5.91 Å². The summed E-state index contributed by atoms with van der Waals surface area (Å²) >= 11 is 0. The molecule has 1 saturated heterocycles. The minimum absolute atomic E-state index is 0.0169. The van der Waals surface area contributed by atoms with Crippen LogP contribution in [0.15, 0.2) is 133 Å². The maximum atomic E-state index is 14.8. The Labute approximate surface area is 278 Å². The van der Waals surface area contributed by atoms with Crippen LogP contribution in [-0.2, 0) is 4.79 Å². The van der Waals surface area contributed by atoms with Crippen molar-refractivity contribution < 1.29 is 9.59 Å². The van der Waals surface area contributed by atoms with Gasteiger partial charge in [-0.3, -0.25) is 14.5 Å². The van der Waals surface area contributed by atoms with Crippen molar-refractivity contribution in [3.05, 3.63) is 156 Å². The second-order valence-electron chi connectivity index (χ2n) is 12.6. The Hall–Kier alpha value is -5.16. The van der Waals surface area contributed by atoms with Crippen LogP contribution in [0.4, 0.5) is 11.4 Å². The molecule has 0 N–H and O–H groups in total. The first-order valence-corrected chi connectivity index (χ1v) is 16.9. The maximum absolute atomic E-state index is 14.8. The zero-order valence-corrected chi connectivity index (χ0v) is 27.0. The number of hydrogen-bond acceptors (Lipinski definition) is 3. The number of rotatable bonds is 8. The standard InChI is InChI=1S/C42H41N3O2/c1-2-38(32-15-7-3-8-16-32)44-30-40(46)45(41(33-17-9-4-10-18-33)34-19-11-5-12-20-34)39-26-23-35(29-37(39)42(44)47)31-21-24-36(25-22-31)43-27-13-6-14-28-43/h3-5,7-12,15-26,29,38,41H,2,6,13-14,27-28,30H2,1H3. The molecule has 2 heterocycles. The van der Waals surface area contributed by atoms with E-state index in [2.05, 4.69) is 66.4 Å². The van der Waals surface area contributed by atoms with Crippen molar-refractivity contribution in [2.75, 3.05) is 29.4 Å². The van der Waals surface area contributed by atoms with E-state index in [1.165, 1.54) is 24.9 Å². The molecule has 2 aliphatic heterocycles. The second kappa shape index (κ2) is 13.7. The SMILES string of the molecule is CCC(c1ccccc1)N1CC(=O)N(C(c2ccccc2)c2ccccc2)c2ccc(-c3ccc(N4CCCCC4)cc3)cc2C1=O. The zero-order valence-electron chi connectivity index (χ0n) is 27.0. The van der Waals surface area contributed by atoms with Gasteiger partial charge in [0, 0.05) is 18.8 Å². The van der Waals surface area contributed by atoms with Crippen molar-refractivity contribution in [2.45, 2.75) is 44.7 Å². The molecule has 2 aliphatic rings. The molecule has 236 valence electrons. The first kappa shape index (κ1) is 30.5. The third-order valence-corrected chi connectivity index (χ3v) is 9.68. The van der Waals surface area contributed by atoms with Gasteiger partial charge in [-0.2, -0.15) is 0 Å². The van der Waals surface area contributed by atoms with Crippen LogP contribution in [0.3, 0.4) is 0 Å². The van der Waals surface area contributed by atoms with Gasteiger partial charge in [-0.25, -0.2) is 0 Å². The minimum atomic E-state index is -0.400. The maximum Gasteiger partial charge on any atom is 0.256 e. The number of benzene rings is 5. The van der Waals surface area contributed by atoms with Crippen molar-refractivity contribution in [2.24, 2.45) is 0 Å². The smallest absolute Gasteiger partial charge is 0.256 e. The van der Waals surface area contributed by atoms with E-state index >= 15 is 0 Å². The normalized spacial score (nSPS) is 15.8. The van der Waals surface area contributed by atoms with Crippen LogP contribution in [0.1, 0.15) is 71.7 Å². The van der Waals surface area contributed by atoms with E-state index in [4.69, 9.17) is 0 Å². The van der Waals surface area contributed by atoms with Gasteiger partial charge in [0.25, 0.3) is 5.91 Å². The first-order chi connectivity index (χ1) is 23.1. The predicted molar refractivity (Wildman–Crippen MR) is 191 cm³/mol. The van der Waals surface area contributed by atoms with Crippen LogP contribution < -0.4 is 9.80 Å². The average Bonchev–Trinajstić information content (AvgIpc) is 3.24. The van der Waals surface area contributed by atoms with Gasteiger partial charge in [-0.05, 0) is 77.8 Å². The van der Waals surface area contributed by atoms with Crippen LogP contribution in [0.5, 0.6) is 0 Å². The molecule has 0 spiro atoms. The third-order valence-electron chi connectivity index (χ3n) is 9.68. The molecule has 0 aliphatic carbocycles. The fourth-order valence-electron chi connectivity index (χ4n) is 7.30.